The summed E-state index contributed by atoms with van der Waals surface area (Å²) < 4.78 is 5.42. The fraction of sp³-hybridized carbons (Fsp3) is 0.857. The number of aromatic nitrogens is 2. The first-order valence-electron chi connectivity index (χ1n) is 7.38. The lowest BCUT2D eigenvalue weighted by Gasteiger charge is -2.09. The van der Waals surface area contributed by atoms with Gasteiger partial charge in [-0.2, -0.15) is 4.98 Å². The second-order valence-corrected chi connectivity index (χ2v) is 5.40. The lowest BCUT2D eigenvalue weighted by atomic mass is 9.99. The maximum atomic E-state index is 5.78. The summed E-state index contributed by atoms with van der Waals surface area (Å²) in [5.41, 5.74) is 5.78. The van der Waals surface area contributed by atoms with Crippen molar-refractivity contribution in [2.75, 3.05) is 6.54 Å². The normalized spacial score (nSPS) is 19.7. The van der Waals surface area contributed by atoms with Crippen LogP contribution in [0.3, 0.4) is 0 Å². The van der Waals surface area contributed by atoms with E-state index in [4.69, 9.17) is 10.3 Å². The number of hydrogen-bond donors (Lipinski definition) is 1. The predicted octanol–water partition coefficient (Wildman–Crippen LogP) is 3.35. The second kappa shape index (κ2) is 6.88. The van der Waals surface area contributed by atoms with Crippen molar-refractivity contribution in [3.8, 4) is 0 Å². The molecule has 1 heterocycles. The summed E-state index contributed by atoms with van der Waals surface area (Å²) in [6, 6.07) is 0. The van der Waals surface area contributed by atoms with Crippen LogP contribution in [0.25, 0.3) is 0 Å². The highest BCUT2D eigenvalue weighted by Gasteiger charge is 2.22. The molecule has 1 aliphatic rings. The van der Waals surface area contributed by atoms with Crippen LogP contribution in [0.2, 0.25) is 0 Å². The summed E-state index contributed by atoms with van der Waals surface area (Å²) in [4.78, 5) is 4.61. The highest BCUT2D eigenvalue weighted by molar-refractivity contribution is 5.00. The van der Waals surface area contributed by atoms with E-state index < -0.39 is 0 Å². The lowest BCUT2D eigenvalue weighted by molar-refractivity contribution is 0.340. The minimum absolute atomic E-state index is 0.238. The van der Waals surface area contributed by atoms with E-state index in [1.807, 2.05) is 0 Å². The third-order valence-electron chi connectivity index (χ3n) is 3.95. The van der Waals surface area contributed by atoms with Crippen molar-refractivity contribution in [3.63, 3.8) is 0 Å². The van der Waals surface area contributed by atoms with Gasteiger partial charge in [-0.05, 0) is 19.3 Å². The topological polar surface area (TPSA) is 64.9 Å². The Labute approximate surface area is 109 Å². The minimum atomic E-state index is 0.238. The van der Waals surface area contributed by atoms with Gasteiger partial charge in [0.15, 0.2) is 5.82 Å². The Morgan fingerprint density at radius 2 is 2.00 bits per heavy atom. The molecule has 1 saturated carbocycles. The zero-order chi connectivity index (χ0) is 12.8. The van der Waals surface area contributed by atoms with E-state index in [1.165, 1.54) is 38.5 Å². The Kier molecular flexibility index (Phi) is 5.17. The third kappa shape index (κ3) is 3.31. The molecule has 4 heteroatoms. The number of hydrogen-bond acceptors (Lipinski definition) is 4. The molecule has 0 saturated heterocycles. The van der Waals surface area contributed by atoms with Crippen LogP contribution in [0, 0.1) is 0 Å². The highest BCUT2D eigenvalue weighted by Crippen LogP contribution is 2.30. The van der Waals surface area contributed by atoms with Crippen LogP contribution in [0.5, 0.6) is 0 Å². The highest BCUT2D eigenvalue weighted by atomic mass is 16.5. The van der Waals surface area contributed by atoms with Crippen LogP contribution in [0.15, 0.2) is 4.52 Å². The van der Waals surface area contributed by atoms with Crippen molar-refractivity contribution in [2.45, 2.75) is 70.1 Å². The summed E-state index contributed by atoms with van der Waals surface area (Å²) >= 11 is 0. The first kappa shape index (κ1) is 13.5. The molecule has 1 aromatic rings. The molecular formula is C14H25N3O. The first-order chi connectivity index (χ1) is 8.85. The Bertz CT molecular complexity index is 343. The summed E-state index contributed by atoms with van der Waals surface area (Å²) in [7, 11) is 0. The molecule has 2 N–H and O–H groups in total. The maximum Gasteiger partial charge on any atom is 0.231 e. The van der Waals surface area contributed by atoms with Crippen molar-refractivity contribution in [3.05, 3.63) is 11.7 Å². The fourth-order valence-electron chi connectivity index (χ4n) is 2.81. The van der Waals surface area contributed by atoms with E-state index >= 15 is 0 Å². The molecule has 1 aromatic heterocycles. The van der Waals surface area contributed by atoms with Crippen molar-refractivity contribution in [1.82, 2.24) is 10.1 Å². The molecule has 1 atom stereocenters. The van der Waals surface area contributed by atoms with Crippen molar-refractivity contribution < 1.29 is 4.52 Å². The molecule has 18 heavy (non-hydrogen) atoms. The van der Waals surface area contributed by atoms with E-state index in [0.29, 0.717) is 12.5 Å². The Morgan fingerprint density at radius 1 is 1.28 bits per heavy atom. The van der Waals surface area contributed by atoms with Crippen molar-refractivity contribution >= 4 is 0 Å². The summed E-state index contributed by atoms with van der Waals surface area (Å²) in [6.45, 7) is 2.76. The van der Waals surface area contributed by atoms with E-state index in [9.17, 15) is 0 Å². The molecule has 0 amide bonds. The quantitative estimate of drug-likeness (QED) is 0.815. The van der Waals surface area contributed by atoms with Gasteiger partial charge in [-0.3, -0.25) is 0 Å². The lowest BCUT2D eigenvalue weighted by Crippen LogP contribution is -2.13. The van der Waals surface area contributed by atoms with Crippen LogP contribution in [-0.2, 0) is 0 Å². The van der Waals surface area contributed by atoms with Crippen LogP contribution >= 0.6 is 0 Å². The number of nitrogens with two attached hydrogens (primary N) is 1. The molecule has 2 rings (SSSR count). The molecule has 0 spiro atoms. The Morgan fingerprint density at radius 3 is 2.61 bits per heavy atom. The largest absolute Gasteiger partial charge is 0.339 e. The summed E-state index contributed by atoms with van der Waals surface area (Å²) in [6.07, 6.45) is 9.84. The monoisotopic (exact) mass is 251 g/mol. The molecule has 0 radical (unpaired) electrons. The first-order valence-corrected chi connectivity index (χ1v) is 7.38. The Hall–Kier alpha value is -0.900. The van der Waals surface area contributed by atoms with Gasteiger partial charge < -0.3 is 10.3 Å². The van der Waals surface area contributed by atoms with Gasteiger partial charge in [-0.1, -0.05) is 44.2 Å². The second-order valence-electron chi connectivity index (χ2n) is 5.40. The van der Waals surface area contributed by atoms with Crippen LogP contribution in [0.1, 0.15) is 81.8 Å². The molecule has 0 aromatic carbocycles. The molecule has 1 unspecified atom stereocenters. The molecular weight excluding hydrogens is 226 g/mol. The SMILES string of the molecule is CCCC(CN)c1nc(C2CCCCCC2)no1. The molecule has 4 nitrogen and oxygen atoms in total. The van der Waals surface area contributed by atoms with E-state index in [1.54, 1.807) is 0 Å². The van der Waals surface area contributed by atoms with E-state index in [0.717, 1.165) is 24.6 Å². The van der Waals surface area contributed by atoms with Gasteiger partial charge in [0.2, 0.25) is 5.89 Å². The summed E-state index contributed by atoms with van der Waals surface area (Å²) in [5, 5.41) is 4.19. The van der Waals surface area contributed by atoms with Crippen LogP contribution in [0.4, 0.5) is 0 Å². The standard InChI is InChI=1S/C14H25N3O/c1-2-7-12(10-15)14-16-13(17-18-14)11-8-5-3-4-6-9-11/h11-12H,2-10,15H2,1H3. The minimum Gasteiger partial charge on any atom is -0.339 e. The smallest absolute Gasteiger partial charge is 0.231 e. The van der Waals surface area contributed by atoms with Gasteiger partial charge in [0.05, 0.1) is 5.92 Å². The van der Waals surface area contributed by atoms with Gasteiger partial charge in [-0.15, -0.1) is 0 Å². The molecule has 1 fully saturated rings. The van der Waals surface area contributed by atoms with E-state index in [2.05, 4.69) is 17.1 Å². The van der Waals surface area contributed by atoms with Crippen molar-refractivity contribution in [1.29, 1.82) is 0 Å². The number of rotatable bonds is 5. The van der Waals surface area contributed by atoms with Crippen LogP contribution < -0.4 is 5.73 Å². The molecule has 0 bridgehead atoms. The molecule has 1 aliphatic carbocycles. The predicted molar refractivity (Wildman–Crippen MR) is 71.4 cm³/mol. The third-order valence-corrected chi connectivity index (χ3v) is 3.95. The van der Waals surface area contributed by atoms with Crippen molar-refractivity contribution in [2.24, 2.45) is 5.73 Å². The number of nitrogens with zero attached hydrogens (tertiary/aromatic N) is 2. The zero-order valence-corrected chi connectivity index (χ0v) is 11.4. The van der Waals surface area contributed by atoms with Gasteiger partial charge in [0.1, 0.15) is 0 Å². The molecule has 102 valence electrons. The summed E-state index contributed by atoms with van der Waals surface area (Å²) in [5.74, 6) is 2.41. The van der Waals surface area contributed by atoms with Gasteiger partial charge >= 0.3 is 0 Å². The van der Waals surface area contributed by atoms with Crippen LogP contribution in [-0.4, -0.2) is 16.7 Å². The average Bonchev–Trinajstić information content (AvgIpc) is 2.71. The van der Waals surface area contributed by atoms with E-state index in [-0.39, 0.29) is 5.92 Å². The fourth-order valence-corrected chi connectivity index (χ4v) is 2.81. The Balaban J connectivity index is 2.03. The zero-order valence-electron chi connectivity index (χ0n) is 11.4. The van der Waals surface area contributed by atoms with Gasteiger partial charge in [0.25, 0.3) is 0 Å². The molecule has 0 aliphatic heterocycles. The van der Waals surface area contributed by atoms with Gasteiger partial charge in [0, 0.05) is 12.5 Å². The maximum absolute atomic E-state index is 5.78. The average molecular weight is 251 g/mol. The van der Waals surface area contributed by atoms with Gasteiger partial charge in [-0.25, -0.2) is 0 Å².